The van der Waals surface area contributed by atoms with Crippen LogP contribution in [0.2, 0.25) is 0 Å². The highest BCUT2D eigenvalue weighted by Crippen LogP contribution is 2.47. The van der Waals surface area contributed by atoms with Crippen molar-refractivity contribution in [3.05, 3.63) is 59.7 Å². The molecule has 0 unspecified atom stereocenters. The summed E-state index contributed by atoms with van der Waals surface area (Å²) in [5.74, 6) is -0.216. The van der Waals surface area contributed by atoms with Crippen LogP contribution in [0.15, 0.2) is 48.5 Å². The zero-order valence-electron chi connectivity index (χ0n) is 24.5. The number of amides is 2. The molecule has 1 N–H and O–H groups in total. The largest absolute Gasteiger partial charge is 0.481 e. The first-order chi connectivity index (χ1) is 20.5. The summed E-state index contributed by atoms with van der Waals surface area (Å²) >= 11 is 0. The van der Waals surface area contributed by atoms with Gasteiger partial charge in [-0.2, -0.15) is 0 Å². The molecule has 42 heavy (non-hydrogen) atoms. The van der Waals surface area contributed by atoms with Crippen LogP contribution in [0.5, 0.6) is 11.5 Å². The van der Waals surface area contributed by atoms with E-state index in [2.05, 4.69) is 57.2 Å². The van der Waals surface area contributed by atoms with Crippen LogP contribution in [0, 0.1) is 5.92 Å². The monoisotopic (exact) mass is 573 g/mol. The lowest BCUT2D eigenvalue weighted by Gasteiger charge is -2.39. The average molecular weight is 574 g/mol. The average Bonchev–Trinajstić information content (AvgIpc) is 3.55. The lowest BCUT2D eigenvalue weighted by Crippen LogP contribution is -2.48. The normalized spacial score (nSPS) is 29.0. The van der Waals surface area contributed by atoms with E-state index in [0.29, 0.717) is 31.7 Å². The van der Waals surface area contributed by atoms with Crippen molar-refractivity contribution in [2.75, 3.05) is 19.6 Å². The number of carboxylic acid groups (broad SMARTS) is 1. The van der Waals surface area contributed by atoms with E-state index in [1.165, 1.54) is 30.4 Å². The number of hydrogen-bond acceptors (Lipinski definition) is 5. The first-order valence-corrected chi connectivity index (χ1v) is 16.1. The van der Waals surface area contributed by atoms with Gasteiger partial charge in [-0.25, -0.2) is 4.79 Å². The number of rotatable bonds is 6. The molecule has 7 rings (SSSR count). The Kier molecular flexibility index (Phi) is 7.51. The first kappa shape index (κ1) is 27.6. The smallest absolute Gasteiger partial charge is 0.321 e. The fourth-order valence-corrected chi connectivity index (χ4v) is 8.04. The van der Waals surface area contributed by atoms with Gasteiger partial charge in [0.2, 0.25) is 0 Å². The fourth-order valence-electron chi connectivity index (χ4n) is 8.04. The number of hydrogen-bond donors (Lipinski definition) is 1. The molecule has 2 aliphatic carbocycles. The van der Waals surface area contributed by atoms with Gasteiger partial charge in [-0.05, 0) is 61.8 Å². The van der Waals surface area contributed by atoms with Crippen LogP contribution >= 0.6 is 0 Å². The summed E-state index contributed by atoms with van der Waals surface area (Å²) < 4.78 is 12.5. The third-order valence-electron chi connectivity index (χ3n) is 10.4. The van der Waals surface area contributed by atoms with Gasteiger partial charge in [-0.15, -0.1) is 0 Å². The van der Waals surface area contributed by atoms with E-state index < -0.39 is 11.8 Å². The molecule has 2 aromatic rings. The Balaban J connectivity index is 0.984. The molecular formula is C34H43N3O5. The number of urea groups is 1. The van der Waals surface area contributed by atoms with E-state index >= 15 is 0 Å². The number of carboxylic acids is 1. The topological polar surface area (TPSA) is 82.6 Å². The van der Waals surface area contributed by atoms with Crippen LogP contribution in [0.1, 0.15) is 87.8 Å². The predicted molar refractivity (Wildman–Crippen MR) is 158 cm³/mol. The van der Waals surface area contributed by atoms with Gasteiger partial charge in [0.05, 0.1) is 12.0 Å². The molecule has 3 heterocycles. The van der Waals surface area contributed by atoms with Crippen LogP contribution < -0.4 is 9.47 Å². The number of carbonyl (C=O) groups excluding carboxylic acids is 1. The number of ether oxygens (including phenoxy) is 2. The van der Waals surface area contributed by atoms with E-state index in [9.17, 15) is 14.7 Å². The summed E-state index contributed by atoms with van der Waals surface area (Å²) in [6.07, 6.45) is 10.3. The molecule has 2 aromatic carbocycles. The van der Waals surface area contributed by atoms with E-state index in [1.807, 2.05) is 6.07 Å². The number of piperidine rings is 1. The summed E-state index contributed by atoms with van der Waals surface area (Å²) in [4.78, 5) is 32.2. The highest BCUT2D eigenvalue weighted by Gasteiger charge is 2.47. The van der Waals surface area contributed by atoms with Crippen LogP contribution in [-0.2, 0) is 11.3 Å². The number of nitrogens with zero attached hydrogens (tertiary/aromatic N) is 3. The lowest BCUT2D eigenvalue weighted by atomic mass is 9.85. The van der Waals surface area contributed by atoms with Crippen molar-refractivity contribution in [1.82, 2.24) is 14.7 Å². The number of benzene rings is 2. The third kappa shape index (κ3) is 5.34. The molecule has 0 radical (unpaired) electrons. The van der Waals surface area contributed by atoms with Gasteiger partial charge >= 0.3 is 12.0 Å². The molecule has 0 bridgehead atoms. The van der Waals surface area contributed by atoms with E-state index in [4.69, 9.17) is 9.47 Å². The zero-order chi connectivity index (χ0) is 28.7. The molecular weight excluding hydrogens is 530 g/mol. The molecule has 0 aromatic heterocycles. The van der Waals surface area contributed by atoms with Gasteiger partial charge in [0.15, 0.2) is 11.5 Å². The first-order valence-electron chi connectivity index (χ1n) is 16.1. The molecule has 1 spiro atoms. The van der Waals surface area contributed by atoms with Crippen LogP contribution in [0.4, 0.5) is 4.79 Å². The van der Waals surface area contributed by atoms with Crippen LogP contribution in [0.3, 0.4) is 0 Å². The van der Waals surface area contributed by atoms with Gasteiger partial charge in [0, 0.05) is 51.1 Å². The molecule has 2 saturated carbocycles. The maximum atomic E-state index is 13.9. The quantitative estimate of drug-likeness (QED) is 0.443. The predicted octanol–water partition coefficient (Wildman–Crippen LogP) is 6.20. The second-order valence-corrected chi connectivity index (χ2v) is 13.1. The Bertz CT molecular complexity index is 1280. The van der Waals surface area contributed by atoms with Crippen molar-refractivity contribution in [1.29, 1.82) is 0 Å². The van der Waals surface area contributed by atoms with Gasteiger partial charge < -0.3 is 24.4 Å². The van der Waals surface area contributed by atoms with Crippen LogP contribution in [-0.4, -0.2) is 69.3 Å². The maximum Gasteiger partial charge on any atom is 0.321 e. The molecule has 4 fully saturated rings. The molecule has 1 atom stereocenters. The Morgan fingerprint density at radius 3 is 2.29 bits per heavy atom. The van der Waals surface area contributed by atoms with Crippen molar-refractivity contribution >= 4 is 12.0 Å². The van der Waals surface area contributed by atoms with Crippen molar-refractivity contribution in [2.24, 2.45) is 5.92 Å². The summed E-state index contributed by atoms with van der Waals surface area (Å²) in [6, 6.07) is 17.9. The van der Waals surface area contributed by atoms with Crippen molar-refractivity contribution in [3.8, 4) is 11.5 Å². The van der Waals surface area contributed by atoms with E-state index in [0.717, 1.165) is 63.4 Å². The molecule has 2 amide bonds. The second-order valence-electron chi connectivity index (χ2n) is 13.1. The highest BCUT2D eigenvalue weighted by atomic mass is 16.7. The summed E-state index contributed by atoms with van der Waals surface area (Å²) in [7, 11) is 0. The van der Waals surface area contributed by atoms with Gasteiger partial charge in [0.1, 0.15) is 0 Å². The van der Waals surface area contributed by atoms with Crippen molar-refractivity contribution in [3.63, 3.8) is 0 Å². The van der Waals surface area contributed by atoms with Gasteiger partial charge in [-0.3, -0.25) is 9.69 Å². The number of likely N-dealkylation sites (tertiary alicyclic amines) is 1. The zero-order valence-corrected chi connectivity index (χ0v) is 24.5. The second kappa shape index (κ2) is 11.4. The minimum absolute atomic E-state index is 0.129. The lowest BCUT2D eigenvalue weighted by molar-refractivity contribution is -0.150. The SMILES string of the molecule is O=C(O)C1CCC2(CC1)Oc1ccc(CN3CCC(N4C(=O)N(C5CCCCC5)C[C@H]4c4ccccc4)CC3)cc1O2. The molecule has 224 valence electrons. The van der Waals surface area contributed by atoms with Gasteiger partial charge in [-0.1, -0.05) is 55.7 Å². The van der Waals surface area contributed by atoms with Crippen molar-refractivity contribution < 1.29 is 24.2 Å². The summed E-state index contributed by atoms with van der Waals surface area (Å²) in [5.41, 5.74) is 2.44. The highest BCUT2D eigenvalue weighted by molar-refractivity contribution is 5.78. The van der Waals surface area contributed by atoms with Crippen molar-refractivity contribution in [2.45, 2.75) is 101 Å². The Labute approximate surface area is 248 Å². The Morgan fingerprint density at radius 1 is 0.857 bits per heavy atom. The van der Waals surface area contributed by atoms with E-state index in [-0.39, 0.29) is 24.0 Å². The standard InChI is InChI=1S/C34H43N3O5/c38-32(39)26-13-17-34(18-14-26)41-30-12-11-24(21-31(30)42-34)22-35-19-15-28(16-20-35)37-29(25-7-3-1-4-8-25)23-36(33(37)40)27-9-5-2-6-10-27/h1,3-4,7-8,11-12,21,26-29H,2,5-6,9-10,13-20,22-23H2,(H,38,39)/t26?,29-,34?/m0/s1. The minimum Gasteiger partial charge on any atom is -0.481 e. The van der Waals surface area contributed by atoms with Gasteiger partial charge in [0.25, 0.3) is 5.79 Å². The molecule has 2 saturated heterocycles. The number of fused-ring (bicyclic) bond motifs is 1. The molecule has 3 aliphatic heterocycles. The molecule has 5 aliphatic rings. The number of aliphatic carboxylic acids is 1. The Hall–Kier alpha value is -3.26. The van der Waals surface area contributed by atoms with Crippen LogP contribution in [0.25, 0.3) is 0 Å². The third-order valence-corrected chi connectivity index (χ3v) is 10.4. The number of carbonyl (C=O) groups is 2. The summed E-state index contributed by atoms with van der Waals surface area (Å²) in [5, 5.41) is 9.35. The molecule has 8 nitrogen and oxygen atoms in total. The molecule has 8 heteroatoms. The summed E-state index contributed by atoms with van der Waals surface area (Å²) in [6.45, 7) is 3.55. The fraction of sp³-hybridized carbons (Fsp3) is 0.588. The minimum atomic E-state index is -0.724. The Morgan fingerprint density at radius 2 is 1.57 bits per heavy atom. The maximum absolute atomic E-state index is 13.9. The van der Waals surface area contributed by atoms with E-state index in [1.54, 1.807) is 0 Å².